The highest BCUT2D eigenvalue weighted by Crippen LogP contribution is 2.32. The lowest BCUT2D eigenvalue weighted by Gasteiger charge is -2.09. The van der Waals surface area contributed by atoms with Crippen molar-refractivity contribution in [1.82, 2.24) is 10.4 Å². The Morgan fingerprint density at radius 2 is 1.87 bits per heavy atom. The van der Waals surface area contributed by atoms with Gasteiger partial charge in [-0.05, 0) is 48.0 Å². The molecule has 1 amide bonds. The van der Waals surface area contributed by atoms with Gasteiger partial charge in [-0.3, -0.25) is 14.9 Å². The van der Waals surface area contributed by atoms with E-state index in [0.717, 1.165) is 29.0 Å². The largest absolute Gasteiger partial charge is 0.488 e. The molecule has 13 heteroatoms. The van der Waals surface area contributed by atoms with Crippen molar-refractivity contribution >= 4 is 40.0 Å². The van der Waals surface area contributed by atoms with Gasteiger partial charge < -0.3 is 10.1 Å². The molecule has 0 saturated heterocycles. The Morgan fingerprint density at radius 3 is 2.62 bits per heavy atom. The van der Waals surface area contributed by atoms with Crippen LogP contribution in [-0.2, 0) is 24.0 Å². The molecule has 0 saturated carbocycles. The molecule has 3 aromatic carbocycles. The Balaban J connectivity index is 1.30. The number of nitro groups is 1. The zero-order valence-electron chi connectivity index (χ0n) is 20.0. The molecule has 1 aromatic heterocycles. The lowest BCUT2D eigenvalue weighted by molar-refractivity contribution is -0.384. The summed E-state index contributed by atoms with van der Waals surface area (Å²) < 4.78 is 44.5. The molecule has 0 aliphatic carbocycles. The number of aromatic nitrogens is 1. The minimum atomic E-state index is -4.45. The molecular weight excluding hydrogens is 535 g/mol. The van der Waals surface area contributed by atoms with E-state index in [1.807, 2.05) is 0 Å². The molecule has 2 N–H and O–H groups in total. The highest BCUT2D eigenvalue weighted by atomic mass is 32.1. The number of hydrogen-bond donors (Lipinski definition) is 2. The summed E-state index contributed by atoms with van der Waals surface area (Å²) in [7, 11) is 0. The first kappa shape index (κ1) is 27.3. The van der Waals surface area contributed by atoms with E-state index >= 15 is 0 Å². The fourth-order valence-corrected chi connectivity index (χ4v) is 4.04. The number of ether oxygens (including phenoxy) is 1. The number of para-hydroxylation sites is 1. The SMILES string of the molecule is O=C(Cc1csc(Nc2cccc(C(F)(F)F)c2)n1)N/N=C\c1ccccc1OCc1ccc([N+](=O)[O-])cc1. The monoisotopic (exact) mass is 555 g/mol. The zero-order chi connectivity index (χ0) is 27.8. The van der Waals surface area contributed by atoms with E-state index in [9.17, 15) is 28.1 Å². The molecule has 0 radical (unpaired) electrons. The van der Waals surface area contributed by atoms with Crippen LogP contribution in [0.3, 0.4) is 0 Å². The first-order valence-corrected chi connectivity index (χ1v) is 12.2. The summed E-state index contributed by atoms with van der Waals surface area (Å²) in [4.78, 5) is 26.9. The Labute approximate surface area is 224 Å². The first-order chi connectivity index (χ1) is 18.7. The number of carbonyl (C=O) groups is 1. The van der Waals surface area contributed by atoms with Gasteiger partial charge in [-0.2, -0.15) is 18.3 Å². The number of hydrazone groups is 1. The molecule has 9 nitrogen and oxygen atoms in total. The van der Waals surface area contributed by atoms with E-state index in [-0.39, 0.29) is 24.4 Å². The Kier molecular flexibility index (Phi) is 8.51. The standard InChI is InChI=1S/C26H20F3N5O4S/c27-26(28,29)19-5-3-6-20(12-19)31-25-32-21(16-39-25)13-24(35)33-30-14-18-4-1-2-7-23(18)38-15-17-8-10-22(11-9-17)34(36)37/h1-12,14,16H,13,15H2,(H,31,32)(H,33,35)/b30-14-. The fourth-order valence-electron chi connectivity index (χ4n) is 3.31. The minimum absolute atomic E-state index is 0.0112. The Bertz CT molecular complexity index is 1490. The normalized spacial score (nSPS) is 11.4. The molecule has 0 bridgehead atoms. The molecule has 0 fully saturated rings. The van der Waals surface area contributed by atoms with Crippen LogP contribution < -0.4 is 15.5 Å². The molecule has 1 heterocycles. The quantitative estimate of drug-likeness (QED) is 0.139. The van der Waals surface area contributed by atoms with Crippen LogP contribution >= 0.6 is 11.3 Å². The van der Waals surface area contributed by atoms with Crippen LogP contribution in [0.4, 0.5) is 29.7 Å². The van der Waals surface area contributed by atoms with Crippen LogP contribution in [0.1, 0.15) is 22.4 Å². The number of thiazole rings is 1. The van der Waals surface area contributed by atoms with Crippen molar-refractivity contribution in [3.63, 3.8) is 0 Å². The maximum Gasteiger partial charge on any atom is 0.416 e. The molecule has 200 valence electrons. The van der Waals surface area contributed by atoms with Crippen LogP contribution in [0.2, 0.25) is 0 Å². The number of nitrogens with one attached hydrogen (secondary N) is 2. The zero-order valence-corrected chi connectivity index (χ0v) is 20.8. The second-order valence-electron chi connectivity index (χ2n) is 8.07. The van der Waals surface area contributed by atoms with E-state index in [1.54, 1.807) is 41.8 Å². The summed E-state index contributed by atoms with van der Waals surface area (Å²) in [6.07, 6.45) is -3.12. The maximum absolute atomic E-state index is 12.9. The third-order valence-electron chi connectivity index (χ3n) is 5.19. The lowest BCUT2D eigenvalue weighted by Crippen LogP contribution is -2.20. The first-order valence-electron chi connectivity index (χ1n) is 11.3. The number of anilines is 2. The smallest absolute Gasteiger partial charge is 0.416 e. The number of hydrogen-bond acceptors (Lipinski definition) is 8. The second-order valence-corrected chi connectivity index (χ2v) is 8.93. The molecule has 4 rings (SSSR count). The van der Waals surface area contributed by atoms with Gasteiger partial charge >= 0.3 is 6.18 Å². The van der Waals surface area contributed by atoms with Crippen molar-refractivity contribution in [3.8, 4) is 5.75 Å². The summed E-state index contributed by atoms with van der Waals surface area (Å²) in [5.41, 5.74) is 3.62. The van der Waals surface area contributed by atoms with Gasteiger partial charge in [0, 0.05) is 28.8 Å². The minimum Gasteiger partial charge on any atom is -0.488 e. The van der Waals surface area contributed by atoms with Crippen LogP contribution in [0.15, 0.2) is 83.3 Å². The maximum atomic E-state index is 12.9. The van der Waals surface area contributed by atoms with Crippen molar-refractivity contribution in [2.24, 2.45) is 5.10 Å². The van der Waals surface area contributed by atoms with Crippen molar-refractivity contribution in [1.29, 1.82) is 0 Å². The molecule has 0 aliphatic rings. The topological polar surface area (TPSA) is 119 Å². The number of amides is 1. The molecule has 0 atom stereocenters. The summed E-state index contributed by atoms with van der Waals surface area (Å²) in [6.45, 7) is 0.176. The molecule has 0 aliphatic heterocycles. The number of nitro benzene ring substituents is 1. The van der Waals surface area contributed by atoms with Crippen molar-refractivity contribution in [3.05, 3.63) is 111 Å². The molecule has 4 aromatic rings. The van der Waals surface area contributed by atoms with Crippen molar-refractivity contribution in [2.45, 2.75) is 19.2 Å². The molecule has 0 spiro atoms. The highest BCUT2D eigenvalue weighted by molar-refractivity contribution is 7.13. The average Bonchev–Trinajstić information content (AvgIpc) is 3.34. The van der Waals surface area contributed by atoms with E-state index in [2.05, 4.69) is 20.8 Å². The summed E-state index contributed by atoms with van der Waals surface area (Å²) in [6, 6.07) is 17.8. The number of benzene rings is 3. The highest BCUT2D eigenvalue weighted by Gasteiger charge is 2.30. The predicted octanol–water partition coefficient (Wildman–Crippen LogP) is 6.09. The summed E-state index contributed by atoms with van der Waals surface area (Å²) in [5, 5.41) is 19.5. The summed E-state index contributed by atoms with van der Waals surface area (Å²) >= 11 is 1.16. The average molecular weight is 556 g/mol. The van der Waals surface area contributed by atoms with Gasteiger partial charge in [0.25, 0.3) is 5.69 Å². The Morgan fingerprint density at radius 1 is 1.10 bits per heavy atom. The van der Waals surface area contributed by atoms with Gasteiger partial charge in [-0.1, -0.05) is 18.2 Å². The molecular formula is C26H20F3N5O4S. The molecule has 39 heavy (non-hydrogen) atoms. The lowest BCUT2D eigenvalue weighted by atomic mass is 10.2. The van der Waals surface area contributed by atoms with Crippen LogP contribution in [0.5, 0.6) is 5.75 Å². The second kappa shape index (κ2) is 12.2. The van der Waals surface area contributed by atoms with Gasteiger partial charge in [-0.25, -0.2) is 10.4 Å². The van der Waals surface area contributed by atoms with Gasteiger partial charge in [-0.15, -0.1) is 11.3 Å². The van der Waals surface area contributed by atoms with Crippen molar-refractivity contribution in [2.75, 3.05) is 5.32 Å². The number of halogens is 3. The van der Waals surface area contributed by atoms with Crippen molar-refractivity contribution < 1.29 is 27.6 Å². The van der Waals surface area contributed by atoms with E-state index in [1.165, 1.54) is 30.5 Å². The van der Waals surface area contributed by atoms with Gasteiger partial charge in [0.1, 0.15) is 12.4 Å². The van der Waals surface area contributed by atoms with Crippen LogP contribution in [0, 0.1) is 10.1 Å². The number of non-ortho nitro benzene ring substituents is 1. The van der Waals surface area contributed by atoms with E-state index < -0.39 is 22.6 Å². The summed E-state index contributed by atoms with van der Waals surface area (Å²) in [5.74, 6) is 0.0603. The number of alkyl halides is 3. The van der Waals surface area contributed by atoms with E-state index in [0.29, 0.717) is 22.1 Å². The third-order valence-corrected chi connectivity index (χ3v) is 5.99. The third kappa shape index (κ3) is 7.85. The van der Waals surface area contributed by atoms with Crippen LogP contribution in [0.25, 0.3) is 0 Å². The predicted molar refractivity (Wildman–Crippen MR) is 140 cm³/mol. The number of rotatable bonds is 10. The van der Waals surface area contributed by atoms with E-state index in [4.69, 9.17) is 4.74 Å². The van der Waals surface area contributed by atoms with Gasteiger partial charge in [0.15, 0.2) is 5.13 Å². The fraction of sp³-hybridized carbons (Fsp3) is 0.115. The number of carbonyl (C=O) groups excluding carboxylic acids is 1. The van der Waals surface area contributed by atoms with Crippen LogP contribution in [-0.4, -0.2) is 22.0 Å². The van der Waals surface area contributed by atoms with Gasteiger partial charge in [0.05, 0.1) is 28.8 Å². The number of nitrogens with zero attached hydrogens (tertiary/aromatic N) is 3. The molecule has 0 unspecified atom stereocenters. The van der Waals surface area contributed by atoms with Gasteiger partial charge in [0.2, 0.25) is 5.91 Å². The Hall–Kier alpha value is -4.78.